The number of esters is 1. The van der Waals surface area contributed by atoms with E-state index in [1.165, 1.54) is 15.6 Å². The average molecular weight is 501 g/mol. The normalized spacial score (nSPS) is 19.7. The van der Waals surface area contributed by atoms with Crippen molar-refractivity contribution in [1.29, 1.82) is 0 Å². The molecule has 2 N–H and O–H groups in total. The summed E-state index contributed by atoms with van der Waals surface area (Å²) in [5, 5.41) is -0.0847. The van der Waals surface area contributed by atoms with Crippen LogP contribution in [0.1, 0.15) is 52.7 Å². The number of carbonyl (C=O) groups is 2. The fourth-order valence-electron chi connectivity index (χ4n) is 4.06. The first kappa shape index (κ1) is 24.4. The third-order valence-corrected chi connectivity index (χ3v) is 9.16. The van der Waals surface area contributed by atoms with Crippen LogP contribution in [0.5, 0.6) is 0 Å². The number of aliphatic imine (C=N–C) groups is 1. The first-order valence-corrected chi connectivity index (χ1v) is 13.6. The number of rotatable bonds is 7. The highest BCUT2D eigenvalue weighted by molar-refractivity contribution is 8.24. The minimum absolute atomic E-state index is 0.111. The Bertz CT molecular complexity index is 1250. The van der Waals surface area contributed by atoms with Crippen LogP contribution in [0.25, 0.3) is 10.1 Å². The lowest BCUT2D eigenvalue weighted by Crippen LogP contribution is -2.29. The molecule has 2 aromatic carbocycles. The zero-order valence-electron chi connectivity index (χ0n) is 19.4. The Kier molecular flexibility index (Phi) is 7.09. The number of hydrogen-bond donors (Lipinski definition) is 2. The summed E-state index contributed by atoms with van der Waals surface area (Å²) in [6.07, 6.45) is 1.48. The molecule has 0 radical (unpaired) electrons. The number of thiophene rings is 1. The summed E-state index contributed by atoms with van der Waals surface area (Å²) < 4.78 is 29.6. The first-order valence-electron chi connectivity index (χ1n) is 11.2. The van der Waals surface area contributed by atoms with Crippen LogP contribution in [-0.4, -0.2) is 44.2 Å². The van der Waals surface area contributed by atoms with Gasteiger partial charge in [0.1, 0.15) is 15.8 Å². The summed E-state index contributed by atoms with van der Waals surface area (Å²) in [5.41, 5.74) is 2.05. The molecule has 9 heteroatoms. The minimum atomic E-state index is -3.44. The second-order valence-electron chi connectivity index (χ2n) is 8.07. The van der Waals surface area contributed by atoms with Crippen LogP contribution in [0.15, 0.2) is 53.5 Å². The fraction of sp³-hybridized carbons (Fsp3) is 0.320. The molecule has 1 atom stereocenters. The number of carbonyl (C=O) groups excluding carboxylic acids is 2. The van der Waals surface area contributed by atoms with Gasteiger partial charge in [0, 0.05) is 11.2 Å². The number of aryl methyl sites for hydroxylation is 1. The highest BCUT2D eigenvalue weighted by Gasteiger charge is 2.50. The number of nitrogens with zero attached hydrogens (tertiary/aromatic N) is 2. The second-order valence-corrected chi connectivity index (χ2v) is 11.2. The molecule has 34 heavy (non-hydrogen) atoms. The molecule has 0 saturated carbocycles. The summed E-state index contributed by atoms with van der Waals surface area (Å²) >= 11 is 1.36. The van der Waals surface area contributed by atoms with E-state index in [2.05, 4.69) is 4.99 Å². The van der Waals surface area contributed by atoms with E-state index >= 15 is 0 Å². The summed E-state index contributed by atoms with van der Waals surface area (Å²) in [6.45, 7) is 6.17. The topological polar surface area (TPSA) is 99.4 Å². The number of unbranched alkanes of at least 4 members (excludes halogenated alkanes) is 1. The molecule has 1 aromatic heterocycles. The second kappa shape index (κ2) is 9.87. The quantitative estimate of drug-likeness (QED) is 0.360. The lowest BCUT2D eigenvalue weighted by Gasteiger charge is -2.40. The number of fused-ring (bicyclic) bond motifs is 1. The molecule has 1 unspecified atom stereocenters. The van der Waals surface area contributed by atoms with Gasteiger partial charge in [0.2, 0.25) is 0 Å². The van der Waals surface area contributed by atoms with E-state index in [1.54, 1.807) is 37.3 Å². The van der Waals surface area contributed by atoms with Gasteiger partial charge in [-0.05, 0) is 55.0 Å². The van der Waals surface area contributed by atoms with E-state index in [9.17, 15) is 18.7 Å². The smallest absolute Gasteiger partial charge is 0.348 e. The third-order valence-electron chi connectivity index (χ3n) is 5.78. The van der Waals surface area contributed by atoms with Crippen molar-refractivity contribution in [1.82, 2.24) is 4.31 Å². The predicted octanol–water partition coefficient (Wildman–Crippen LogP) is 6.51. The van der Waals surface area contributed by atoms with Crippen LogP contribution >= 0.6 is 22.1 Å². The van der Waals surface area contributed by atoms with E-state index in [0.717, 1.165) is 22.1 Å². The summed E-state index contributed by atoms with van der Waals surface area (Å²) in [5.74, 6) is -0.818. The van der Waals surface area contributed by atoms with Crippen LogP contribution in [0.3, 0.4) is 0 Å². The Balaban J connectivity index is 1.80. The van der Waals surface area contributed by atoms with Gasteiger partial charge in [0.25, 0.3) is 5.91 Å². The Morgan fingerprint density at radius 3 is 2.59 bits per heavy atom. The van der Waals surface area contributed by atoms with E-state index in [1.807, 2.05) is 32.0 Å². The molecular formula is C25H28N2O5S2. The van der Waals surface area contributed by atoms with Gasteiger partial charge in [-0.2, -0.15) is 0 Å². The van der Waals surface area contributed by atoms with Crippen molar-refractivity contribution >= 4 is 55.5 Å². The molecule has 7 nitrogen and oxygen atoms in total. The first-order chi connectivity index (χ1) is 16.3. The summed E-state index contributed by atoms with van der Waals surface area (Å²) in [6, 6.07) is 14.5. The summed E-state index contributed by atoms with van der Waals surface area (Å²) in [4.78, 5) is 30.8. The molecule has 1 aliphatic rings. The monoisotopic (exact) mass is 500 g/mol. The molecule has 4 rings (SSSR count). The number of benzene rings is 2. The third kappa shape index (κ3) is 4.36. The van der Waals surface area contributed by atoms with Crippen molar-refractivity contribution in [2.75, 3.05) is 13.2 Å². The number of hydrogen-bond acceptors (Lipinski definition) is 7. The largest absolute Gasteiger partial charge is 0.462 e. The van der Waals surface area contributed by atoms with Gasteiger partial charge in [-0.25, -0.2) is 14.1 Å². The maximum atomic E-state index is 13.3. The Labute approximate surface area is 204 Å². The molecule has 3 aromatic rings. The zero-order chi connectivity index (χ0) is 24.5. The highest BCUT2D eigenvalue weighted by Crippen LogP contribution is 2.62. The van der Waals surface area contributed by atoms with E-state index in [-0.39, 0.29) is 18.2 Å². The molecule has 180 valence electrons. The van der Waals surface area contributed by atoms with Crippen molar-refractivity contribution in [3.8, 4) is 0 Å². The SMILES string of the molecule is CCCCN1C(=O)C(=Nc2ccc3sc(C(=O)OCC)c(C)c3c2)C(c2ccccc2)S1(O)O. The van der Waals surface area contributed by atoms with Crippen LogP contribution in [0.4, 0.5) is 5.69 Å². The van der Waals surface area contributed by atoms with Gasteiger partial charge in [-0.1, -0.05) is 43.7 Å². The van der Waals surface area contributed by atoms with Gasteiger partial charge < -0.3 is 4.74 Å². The van der Waals surface area contributed by atoms with Gasteiger partial charge in [-0.15, -0.1) is 22.1 Å². The highest BCUT2D eigenvalue weighted by atomic mass is 32.3. The van der Waals surface area contributed by atoms with Gasteiger partial charge in [0.05, 0.1) is 12.3 Å². The lowest BCUT2D eigenvalue weighted by atomic mass is 10.1. The minimum Gasteiger partial charge on any atom is -0.462 e. The molecule has 0 bridgehead atoms. The standard InChI is InChI=1S/C25H28N2O5S2/c1-4-6-14-27-24(28)21(23(34(27,30)31)17-10-8-7-9-11-17)26-18-12-13-20-19(15-18)16(3)22(33-20)25(29)32-5-2/h7-13,15,23,30-31H,4-6,14H2,1-3H3. The van der Waals surface area contributed by atoms with Crippen molar-refractivity contribution < 1.29 is 23.4 Å². The molecule has 1 fully saturated rings. The van der Waals surface area contributed by atoms with Gasteiger partial charge in [-0.3, -0.25) is 13.9 Å². The van der Waals surface area contributed by atoms with Gasteiger partial charge in [0.15, 0.2) is 0 Å². The molecule has 1 aliphatic heterocycles. The van der Waals surface area contributed by atoms with Gasteiger partial charge >= 0.3 is 5.97 Å². The molecule has 1 saturated heterocycles. The average Bonchev–Trinajstić information content (AvgIpc) is 3.24. The van der Waals surface area contributed by atoms with Crippen LogP contribution in [0.2, 0.25) is 0 Å². The van der Waals surface area contributed by atoms with Crippen LogP contribution < -0.4 is 0 Å². The van der Waals surface area contributed by atoms with E-state index in [0.29, 0.717) is 29.2 Å². The zero-order valence-corrected chi connectivity index (χ0v) is 21.0. The number of ether oxygens (including phenoxy) is 1. The Morgan fingerprint density at radius 1 is 1.18 bits per heavy atom. The van der Waals surface area contributed by atoms with Crippen LogP contribution in [-0.2, 0) is 9.53 Å². The maximum Gasteiger partial charge on any atom is 0.348 e. The number of amides is 1. The van der Waals surface area contributed by atoms with Crippen molar-refractivity contribution in [3.63, 3.8) is 0 Å². The van der Waals surface area contributed by atoms with Crippen molar-refractivity contribution in [2.45, 2.75) is 38.9 Å². The molecule has 2 heterocycles. The lowest BCUT2D eigenvalue weighted by molar-refractivity contribution is -0.119. The van der Waals surface area contributed by atoms with E-state index < -0.39 is 21.9 Å². The van der Waals surface area contributed by atoms with Crippen LogP contribution in [0, 0.1) is 6.92 Å². The fourth-order valence-corrected chi connectivity index (χ4v) is 7.11. The van der Waals surface area contributed by atoms with Crippen molar-refractivity contribution in [3.05, 3.63) is 64.5 Å². The molecule has 1 amide bonds. The summed E-state index contributed by atoms with van der Waals surface area (Å²) in [7, 11) is -3.44. The predicted molar refractivity (Wildman–Crippen MR) is 138 cm³/mol. The maximum absolute atomic E-state index is 13.3. The Hall–Kier alpha value is -2.72. The molecule has 0 aliphatic carbocycles. The molecular weight excluding hydrogens is 472 g/mol. The van der Waals surface area contributed by atoms with E-state index in [4.69, 9.17) is 4.74 Å². The van der Waals surface area contributed by atoms with Crippen molar-refractivity contribution in [2.24, 2.45) is 4.99 Å². The molecule has 0 spiro atoms. The Morgan fingerprint density at radius 2 is 1.91 bits per heavy atom.